The molecule has 1 aromatic carbocycles. The van der Waals surface area contributed by atoms with Crippen molar-refractivity contribution in [2.45, 2.75) is 85.0 Å². The summed E-state index contributed by atoms with van der Waals surface area (Å²) in [6.45, 7) is 13.8. The smallest absolute Gasteiger partial charge is 0.119 e. The Morgan fingerprint density at radius 1 is 1.19 bits per heavy atom. The minimum Gasteiger partial charge on any atom is -0.508 e. The molecule has 0 saturated carbocycles. The van der Waals surface area contributed by atoms with Crippen molar-refractivity contribution in [2.24, 2.45) is 5.41 Å². The quantitative estimate of drug-likeness (QED) is 0.727. The molecule has 118 valence electrons. The standard InChI is InChI=1S/C20H32O/c1-7-8-10-20(6)17-13-18(21)16(14(2)3)12-15(17)9-11-19(20,4)5/h12-14,21H,7-11H2,1-6H3/t20-/m1/s1. The van der Waals surface area contributed by atoms with Crippen LogP contribution >= 0.6 is 0 Å². The molecule has 0 radical (unpaired) electrons. The molecule has 0 amide bonds. The molecule has 0 fully saturated rings. The second-order valence-corrected chi connectivity index (χ2v) is 8.04. The van der Waals surface area contributed by atoms with Crippen LogP contribution in [0.15, 0.2) is 12.1 Å². The van der Waals surface area contributed by atoms with Gasteiger partial charge in [0.1, 0.15) is 5.75 Å². The van der Waals surface area contributed by atoms with Gasteiger partial charge in [0, 0.05) is 0 Å². The van der Waals surface area contributed by atoms with Gasteiger partial charge in [-0.25, -0.2) is 0 Å². The molecule has 1 N–H and O–H groups in total. The molecule has 0 aromatic heterocycles. The highest BCUT2D eigenvalue weighted by molar-refractivity contribution is 5.48. The minimum atomic E-state index is 0.170. The molecule has 1 heteroatoms. The highest BCUT2D eigenvalue weighted by atomic mass is 16.3. The van der Waals surface area contributed by atoms with E-state index >= 15 is 0 Å². The van der Waals surface area contributed by atoms with Crippen LogP contribution in [0.25, 0.3) is 0 Å². The van der Waals surface area contributed by atoms with E-state index in [2.05, 4.69) is 53.7 Å². The molecule has 21 heavy (non-hydrogen) atoms. The van der Waals surface area contributed by atoms with E-state index < -0.39 is 0 Å². The number of aryl methyl sites for hydroxylation is 1. The van der Waals surface area contributed by atoms with Gasteiger partial charge in [0.25, 0.3) is 0 Å². The number of fused-ring (bicyclic) bond motifs is 1. The number of hydrogen-bond donors (Lipinski definition) is 1. The van der Waals surface area contributed by atoms with E-state index in [1.165, 1.54) is 36.8 Å². The number of rotatable bonds is 4. The maximum Gasteiger partial charge on any atom is 0.119 e. The molecule has 0 heterocycles. The molecule has 1 atom stereocenters. The van der Waals surface area contributed by atoms with Crippen molar-refractivity contribution in [3.05, 3.63) is 28.8 Å². The summed E-state index contributed by atoms with van der Waals surface area (Å²) < 4.78 is 0. The van der Waals surface area contributed by atoms with Gasteiger partial charge in [0.05, 0.1) is 0 Å². The summed E-state index contributed by atoms with van der Waals surface area (Å²) in [7, 11) is 0. The second-order valence-electron chi connectivity index (χ2n) is 8.04. The van der Waals surface area contributed by atoms with Crippen LogP contribution in [0.3, 0.4) is 0 Å². The van der Waals surface area contributed by atoms with Crippen LogP contribution in [0.4, 0.5) is 0 Å². The molecule has 0 aliphatic heterocycles. The van der Waals surface area contributed by atoms with E-state index in [0.717, 1.165) is 12.0 Å². The molecule has 0 unspecified atom stereocenters. The van der Waals surface area contributed by atoms with Crippen molar-refractivity contribution < 1.29 is 5.11 Å². The maximum atomic E-state index is 10.5. The van der Waals surface area contributed by atoms with Crippen LogP contribution in [0.2, 0.25) is 0 Å². The molecule has 1 aliphatic rings. The van der Waals surface area contributed by atoms with E-state index in [0.29, 0.717) is 17.1 Å². The van der Waals surface area contributed by atoms with Crippen LogP contribution in [0.1, 0.15) is 89.8 Å². The Hall–Kier alpha value is -0.980. The summed E-state index contributed by atoms with van der Waals surface area (Å²) in [5.41, 5.74) is 4.43. The first kappa shape index (κ1) is 16.4. The van der Waals surface area contributed by atoms with Crippen LogP contribution in [-0.4, -0.2) is 5.11 Å². The SMILES string of the molecule is CCCC[C@]1(C)c2cc(O)c(C(C)C)cc2CCC1(C)C. The summed E-state index contributed by atoms with van der Waals surface area (Å²) in [4.78, 5) is 0. The fourth-order valence-corrected chi connectivity index (χ4v) is 3.93. The largest absolute Gasteiger partial charge is 0.508 e. The molecular formula is C20H32O. The maximum absolute atomic E-state index is 10.5. The fourth-order valence-electron chi connectivity index (χ4n) is 3.93. The van der Waals surface area contributed by atoms with Crippen LogP contribution in [-0.2, 0) is 11.8 Å². The van der Waals surface area contributed by atoms with E-state index in [4.69, 9.17) is 0 Å². The van der Waals surface area contributed by atoms with Crippen LogP contribution in [0, 0.1) is 5.41 Å². The highest BCUT2D eigenvalue weighted by Crippen LogP contribution is 2.53. The first-order chi connectivity index (χ1) is 9.73. The number of aromatic hydroxyl groups is 1. The molecule has 1 aromatic rings. The molecule has 2 rings (SSSR count). The fraction of sp³-hybridized carbons (Fsp3) is 0.700. The van der Waals surface area contributed by atoms with Gasteiger partial charge in [-0.3, -0.25) is 0 Å². The lowest BCUT2D eigenvalue weighted by Crippen LogP contribution is -2.43. The topological polar surface area (TPSA) is 20.2 Å². The Kier molecular flexibility index (Phi) is 4.42. The third kappa shape index (κ3) is 2.72. The molecule has 0 spiro atoms. The van der Waals surface area contributed by atoms with Gasteiger partial charge in [-0.05, 0) is 58.8 Å². The Morgan fingerprint density at radius 2 is 1.86 bits per heavy atom. The average Bonchev–Trinajstić information content (AvgIpc) is 2.41. The highest BCUT2D eigenvalue weighted by Gasteiger charge is 2.45. The van der Waals surface area contributed by atoms with Crippen molar-refractivity contribution in [1.82, 2.24) is 0 Å². The van der Waals surface area contributed by atoms with Crippen molar-refractivity contribution in [3.8, 4) is 5.75 Å². The van der Waals surface area contributed by atoms with E-state index in [9.17, 15) is 5.11 Å². The molecule has 0 bridgehead atoms. The Morgan fingerprint density at radius 3 is 2.43 bits per heavy atom. The van der Waals surface area contributed by atoms with Crippen LogP contribution in [0.5, 0.6) is 5.75 Å². The third-order valence-corrected chi connectivity index (χ3v) is 6.01. The first-order valence-corrected chi connectivity index (χ1v) is 8.59. The third-order valence-electron chi connectivity index (χ3n) is 6.01. The summed E-state index contributed by atoms with van der Waals surface area (Å²) in [6, 6.07) is 4.36. The van der Waals surface area contributed by atoms with Crippen molar-refractivity contribution in [1.29, 1.82) is 0 Å². The van der Waals surface area contributed by atoms with Crippen molar-refractivity contribution in [2.75, 3.05) is 0 Å². The minimum absolute atomic E-state index is 0.170. The second kappa shape index (κ2) is 5.66. The van der Waals surface area contributed by atoms with E-state index in [-0.39, 0.29) is 5.41 Å². The number of benzene rings is 1. The van der Waals surface area contributed by atoms with Gasteiger partial charge < -0.3 is 5.11 Å². The normalized spacial score (nSPS) is 24.1. The number of phenols is 1. The predicted molar refractivity (Wildman–Crippen MR) is 91.2 cm³/mol. The lowest BCUT2D eigenvalue weighted by atomic mass is 9.54. The van der Waals surface area contributed by atoms with E-state index in [1.807, 2.05) is 0 Å². The average molecular weight is 288 g/mol. The van der Waals surface area contributed by atoms with Gasteiger partial charge in [0.2, 0.25) is 0 Å². The number of hydrogen-bond acceptors (Lipinski definition) is 1. The lowest BCUT2D eigenvalue weighted by molar-refractivity contribution is 0.133. The van der Waals surface area contributed by atoms with Gasteiger partial charge in [-0.15, -0.1) is 0 Å². The van der Waals surface area contributed by atoms with Gasteiger partial charge in [-0.2, -0.15) is 0 Å². The zero-order valence-corrected chi connectivity index (χ0v) is 14.7. The van der Waals surface area contributed by atoms with Gasteiger partial charge in [-0.1, -0.05) is 60.5 Å². The summed E-state index contributed by atoms with van der Waals surface area (Å²) in [5, 5.41) is 10.5. The molecular weight excluding hydrogens is 256 g/mol. The summed E-state index contributed by atoms with van der Waals surface area (Å²) >= 11 is 0. The van der Waals surface area contributed by atoms with Gasteiger partial charge >= 0.3 is 0 Å². The van der Waals surface area contributed by atoms with Crippen LogP contribution < -0.4 is 0 Å². The first-order valence-electron chi connectivity index (χ1n) is 8.59. The lowest BCUT2D eigenvalue weighted by Gasteiger charge is -2.50. The predicted octanol–water partition coefficient (Wildman–Crippen LogP) is 5.94. The Balaban J connectivity index is 2.55. The molecule has 1 aliphatic carbocycles. The van der Waals surface area contributed by atoms with Crippen molar-refractivity contribution in [3.63, 3.8) is 0 Å². The summed E-state index contributed by atoms with van der Waals surface area (Å²) in [5.74, 6) is 0.872. The zero-order chi connectivity index (χ0) is 15.8. The Labute approximate surface area is 130 Å². The number of unbranched alkanes of at least 4 members (excludes halogenated alkanes) is 1. The van der Waals surface area contributed by atoms with E-state index in [1.54, 1.807) is 0 Å². The summed E-state index contributed by atoms with van der Waals surface area (Å²) in [6.07, 6.45) is 6.08. The Bertz CT molecular complexity index is 513. The van der Waals surface area contributed by atoms with Gasteiger partial charge in [0.15, 0.2) is 0 Å². The van der Waals surface area contributed by atoms with Crippen molar-refractivity contribution >= 4 is 0 Å². The molecule has 0 saturated heterocycles. The number of phenolic OH excluding ortho intramolecular Hbond substituents is 1. The zero-order valence-electron chi connectivity index (χ0n) is 14.7. The monoisotopic (exact) mass is 288 g/mol. The molecule has 1 nitrogen and oxygen atoms in total.